The highest BCUT2D eigenvalue weighted by molar-refractivity contribution is 7.80. The van der Waals surface area contributed by atoms with E-state index < -0.39 is 11.4 Å². The lowest BCUT2D eigenvalue weighted by Crippen LogP contribution is -2.36. The zero-order valence-corrected chi connectivity index (χ0v) is 15.2. The maximum atomic E-state index is 14.5. The quantitative estimate of drug-likeness (QED) is 0.786. The lowest BCUT2D eigenvalue weighted by molar-refractivity contribution is 0.102. The van der Waals surface area contributed by atoms with Crippen LogP contribution in [0.1, 0.15) is 22.5 Å². The fourth-order valence-electron chi connectivity index (χ4n) is 3.31. The van der Waals surface area contributed by atoms with Gasteiger partial charge in [0.25, 0.3) is 5.91 Å². The third-order valence-corrected chi connectivity index (χ3v) is 5.13. The Morgan fingerprint density at radius 1 is 1.42 bits per heavy atom. The summed E-state index contributed by atoms with van der Waals surface area (Å²) in [7, 11) is 0. The Morgan fingerprint density at radius 2 is 2.27 bits per heavy atom. The van der Waals surface area contributed by atoms with Gasteiger partial charge in [-0.05, 0) is 36.8 Å². The average Bonchev–Trinajstić information content (AvgIpc) is 3.31. The van der Waals surface area contributed by atoms with Crippen LogP contribution < -0.4 is 10.6 Å². The Balaban J connectivity index is 1.60. The van der Waals surface area contributed by atoms with Crippen LogP contribution in [0.4, 0.5) is 10.1 Å². The van der Waals surface area contributed by atoms with Gasteiger partial charge >= 0.3 is 0 Å². The average molecular weight is 392 g/mol. The molecule has 0 radical (unpaired) electrons. The van der Waals surface area contributed by atoms with Gasteiger partial charge in [0.1, 0.15) is 16.5 Å². The molecule has 2 unspecified atom stereocenters. The number of carbonyl (C=O) groups excluding carboxylic acids is 1. The van der Waals surface area contributed by atoms with E-state index in [0.29, 0.717) is 34.5 Å². The number of nitrogens with one attached hydrogen (secondary N) is 2. The van der Waals surface area contributed by atoms with Crippen molar-refractivity contribution in [3.05, 3.63) is 58.6 Å². The van der Waals surface area contributed by atoms with Gasteiger partial charge in [-0.3, -0.25) is 4.79 Å². The zero-order chi connectivity index (χ0) is 18.3. The zero-order valence-electron chi connectivity index (χ0n) is 13.6. The standard InChI is InChI=1S/C18H15ClFN3O2S/c19-11-1-4-15(21-7-11)17(24)22-12-2-3-14(20)13(5-12)18-6-10(18)8-25-9-16(26)23-18/h1-5,7,10H,6,8-9H2,(H,22,24)(H,23,26). The van der Waals surface area contributed by atoms with E-state index in [1.807, 2.05) is 0 Å². The molecule has 8 heteroatoms. The molecule has 0 bridgehead atoms. The second-order valence-corrected chi connectivity index (χ2v) is 7.38. The van der Waals surface area contributed by atoms with E-state index in [1.165, 1.54) is 24.4 Å². The second kappa shape index (κ2) is 6.57. The molecule has 2 aromatic rings. The van der Waals surface area contributed by atoms with Crippen LogP contribution in [-0.2, 0) is 10.3 Å². The van der Waals surface area contributed by atoms with Crippen LogP contribution in [0.25, 0.3) is 0 Å². The summed E-state index contributed by atoms with van der Waals surface area (Å²) >= 11 is 11.0. The summed E-state index contributed by atoms with van der Waals surface area (Å²) in [6.07, 6.45) is 2.14. The predicted molar refractivity (Wildman–Crippen MR) is 99.9 cm³/mol. The Hall–Kier alpha value is -2.09. The van der Waals surface area contributed by atoms with Gasteiger partial charge in [0, 0.05) is 23.4 Å². The van der Waals surface area contributed by atoms with Crippen LogP contribution in [0.3, 0.4) is 0 Å². The molecule has 2 N–H and O–H groups in total. The molecule has 2 atom stereocenters. The molecule has 0 spiro atoms. The molecule has 1 aromatic heterocycles. The monoisotopic (exact) mass is 391 g/mol. The molecule has 2 heterocycles. The van der Waals surface area contributed by atoms with E-state index in [9.17, 15) is 9.18 Å². The van der Waals surface area contributed by atoms with Gasteiger partial charge in [0.15, 0.2) is 0 Å². The molecule has 1 aliphatic heterocycles. The van der Waals surface area contributed by atoms with Crippen LogP contribution in [0.2, 0.25) is 5.02 Å². The maximum absolute atomic E-state index is 14.5. The van der Waals surface area contributed by atoms with E-state index in [1.54, 1.807) is 12.1 Å². The summed E-state index contributed by atoms with van der Waals surface area (Å²) in [5.41, 5.74) is 0.639. The largest absolute Gasteiger partial charge is 0.374 e. The van der Waals surface area contributed by atoms with Crippen LogP contribution in [0.5, 0.6) is 0 Å². The lowest BCUT2D eigenvalue weighted by Gasteiger charge is -2.21. The molecule has 1 aliphatic carbocycles. The van der Waals surface area contributed by atoms with Crippen molar-refractivity contribution < 1.29 is 13.9 Å². The van der Waals surface area contributed by atoms with Crippen LogP contribution in [0.15, 0.2) is 36.5 Å². The summed E-state index contributed by atoms with van der Waals surface area (Å²) in [6, 6.07) is 7.63. The van der Waals surface area contributed by atoms with Gasteiger partial charge in [-0.15, -0.1) is 0 Å². The normalized spacial score (nSPS) is 24.2. The van der Waals surface area contributed by atoms with E-state index in [-0.39, 0.29) is 17.4 Å². The van der Waals surface area contributed by atoms with Gasteiger partial charge in [0.2, 0.25) is 0 Å². The fourth-order valence-corrected chi connectivity index (χ4v) is 3.69. The van der Waals surface area contributed by atoms with Crippen molar-refractivity contribution >= 4 is 40.4 Å². The molecule has 2 fully saturated rings. The number of thiocarbonyl (C=S) groups is 1. The number of halogens is 2. The van der Waals surface area contributed by atoms with Crippen molar-refractivity contribution in [1.82, 2.24) is 10.3 Å². The summed E-state index contributed by atoms with van der Waals surface area (Å²) in [6.45, 7) is 0.867. The third kappa shape index (κ3) is 3.18. The highest BCUT2D eigenvalue weighted by Gasteiger charge is 2.58. The van der Waals surface area contributed by atoms with Crippen LogP contribution in [0, 0.1) is 11.7 Å². The van der Waals surface area contributed by atoms with E-state index >= 15 is 0 Å². The van der Waals surface area contributed by atoms with Crippen molar-refractivity contribution in [2.24, 2.45) is 5.92 Å². The predicted octanol–water partition coefficient (Wildman–Crippen LogP) is 3.29. The molecule has 1 saturated heterocycles. The number of anilines is 1. The van der Waals surface area contributed by atoms with Gasteiger partial charge < -0.3 is 15.4 Å². The fraction of sp³-hybridized carbons (Fsp3) is 0.278. The number of nitrogens with zero attached hydrogens (tertiary/aromatic N) is 1. The number of fused-ring (bicyclic) bond motifs is 1. The van der Waals surface area contributed by atoms with E-state index in [4.69, 9.17) is 28.6 Å². The Kier molecular flexibility index (Phi) is 4.38. The van der Waals surface area contributed by atoms with Crippen LogP contribution in [-0.4, -0.2) is 29.1 Å². The molecular weight excluding hydrogens is 377 g/mol. The van der Waals surface area contributed by atoms with Crippen molar-refractivity contribution in [2.75, 3.05) is 18.5 Å². The second-order valence-electron chi connectivity index (χ2n) is 6.45. The number of amides is 1. The molecule has 5 nitrogen and oxygen atoms in total. The van der Waals surface area contributed by atoms with Crippen molar-refractivity contribution in [3.63, 3.8) is 0 Å². The number of hydrogen-bond acceptors (Lipinski definition) is 4. The smallest absolute Gasteiger partial charge is 0.274 e. The first kappa shape index (κ1) is 17.3. The minimum atomic E-state index is -0.559. The van der Waals surface area contributed by atoms with Crippen LogP contribution >= 0.6 is 23.8 Å². The summed E-state index contributed by atoms with van der Waals surface area (Å²) < 4.78 is 20.0. The van der Waals surface area contributed by atoms with Crippen molar-refractivity contribution in [2.45, 2.75) is 12.0 Å². The minimum absolute atomic E-state index is 0.154. The number of aromatic nitrogens is 1. The van der Waals surface area contributed by atoms with Gasteiger partial charge in [-0.1, -0.05) is 23.8 Å². The molecule has 1 saturated carbocycles. The Morgan fingerprint density at radius 3 is 3.04 bits per heavy atom. The molecule has 1 aromatic carbocycles. The van der Waals surface area contributed by atoms with Crippen molar-refractivity contribution in [3.8, 4) is 0 Å². The first-order chi connectivity index (χ1) is 12.5. The first-order valence-corrected chi connectivity index (χ1v) is 8.88. The molecule has 2 aliphatic rings. The van der Waals surface area contributed by atoms with E-state index in [2.05, 4.69) is 15.6 Å². The van der Waals surface area contributed by atoms with Gasteiger partial charge in [0.05, 0.1) is 23.8 Å². The highest BCUT2D eigenvalue weighted by Crippen LogP contribution is 2.54. The van der Waals surface area contributed by atoms with Crippen molar-refractivity contribution in [1.29, 1.82) is 0 Å². The first-order valence-electron chi connectivity index (χ1n) is 8.10. The number of carbonyl (C=O) groups is 1. The molecular formula is C18H15ClFN3O2S. The molecule has 26 heavy (non-hydrogen) atoms. The topological polar surface area (TPSA) is 63.2 Å². The SMILES string of the molecule is O=C(Nc1ccc(F)c(C23CC2COCC(=S)N3)c1)c1ccc(Cl)cn1. The summed E-state index contributed by atoms with van der Waals surface area (Å²) in [5.74, 6) is -0.578. The third-order valence-electron chi connectivity index (χ3n) is 4.68. The molecule has 1 amide bonds. The molecule has 134 valence electrons. The van der Waals surface area contributed by atoms with E-state index in [0.717, 1.165) is 6.42 Å². The summed E-state index contributed by atoms with van der Waals surface area (Å²) in [4.78, 5) is 16.9. The summed E-state index contributed by atoms with van der Waals surface area (Å²) in [5, 5.41) is 6.42. The number of ether oxygens (including phenoxy) is 1. The van der Waals surface area contributed by atoms with Gasteiger partial charge in [-0.25, -0.2) is 9.37 Å². The number of benzene rings is 1. The highest BCUT2D eigenvalue weighted by atomic mass is 35.5. The molecule has 4 rings (SSSR count). The Labute approximate surface area is 159 Å². The lowest BCUT2D eigenvalue weighted by atomic mass is 10.0. The number of rotatable bonds is 3. The van der Waals surface area contributed by atoms with Gasteiger partial charge in [-0.2, -0.15) is 0 Å². The minimum Gasteiger partial charge on any atom is -0.374 e. The Bertz CT molecular complexity index is 893. The maximum Gasteiger partial charge on any atom is 0.274 e. The number of hydrogen-bond donors (Lipinski definition) is 2. The number of pyridine rings is 1.